The average molecular weight is 1100 g/mol. The number of alkyl halides is 1. The number of nitrogens with zero attached hydrogens (tertiary/aromatic N) is 5. The van der Waals surface area contributed by atoms with Crippen LogP contribution in [0.1, 0.15) is 138 Å². The van der Waals surface area contributed by atoms with Gasteiger partial charge < -0.3 is 63.4 Å². The van der Waals surface area contributed by atoms with Crippen LogP contribution in [-0.4, -0.2) is 198 Å². The summed E-state index contributed by atoms with van der Waals surface area (Å²) in [6.45, 7) is 18.0. The minimum atomic E-state index is -3.42. The Morgan fingerprint density at radius 1 is 0.947 bits per heavy atom. The first-order chi connectivity index (χ1) is 35.6. The Bertz CT molecular complexity index is 2270. The molecular formula is C55H92FN5O14S. The van der Waals surface area contributed by atoms with E-state index in [0.717, 1.165) is 12.8 Å². The molecule has 4 heterocycles. The van der Waals surface area contributed by atoms with Crippen LogP contribution in [0.15, 0.2) is 35.4 Å². The van der Waals surface area contributed by atoms with E-state index in [1.807, 2.05) is 46.7 Å². The number of aromatic nitrogens is 3. The number of carbonyl (C=O) groups is 1. The van der Waals surface area contributed by atoms with E-state index in [9.17, 15) is 38.0 Å². The summed E-state index contributed by atoms with van der Waals surface area (Å²) in [4.78, 5) is 18.9. The second kappa shape index (κ2) is 25.8. The Morgan fingerprint density at radius 3 is 2.22 bits per heavy atom. The second-order valence-electron chi connectivity index (χ2n) is 23.7. The molecule has 4 fully saturated rings. The maximum Gasteiger partial charge on any atom is 0.311 e. The number of halogens is 1. The van der Waals surface area contributed by atoms with Crippen molar-refractivity contribution in [2.24, 2.45) is 23.7 Å². The SMILES string of the molecule is CC[C@H]1OC(=O)[C@H](C)[C@@H](O[C@H]2C[C@@](C)(OC)[C@@H](O)[C@H](C)O2)[C@H](C)[C@@H](O[C@H]2C[C@@H](N(C)CCc3cn([C@H](CF)[C@H](OC)c4ccc(S(=O)(=O)CC5CC5)cc4)nn3)C[C@@H](C)O2)[C@](C)(O)C[C@@H](C)CN(C)[C@H](C)[C@@H](O)[C@]1(C)O. The largest absolute Gasteiger partial charge is 0.459 e. The molecule has 0 radical (unpaired) electrons. The molecule has 21 heteroatoms. The predicted octanol–water partition coefficient (Wildman–Crippen LogP) is 5.22. The molecule has 434 valence electrons. The van der Waals surface area contributed by atoms with Crippen molar-refractivity contribution in [1.29, 1.82) is 0 Å². The zero-order valence-electron chi connectivity index (χ0n) is 47.6. The molecule has 1 aromatic carbocycles. The Labute approximate surface area is 451 Å². The Kier molecular flexibility index (Phi) is 21.2. The second-order valence-corrected chi connectivity index (χ2v) is 25.7. The number of rotatable bonds is 18. The van der Waals surface area contributed by atoms with Crippen molar-refractivity contribution in [3.05, 3.63) is 41.7 Å². The number of aliphatic hydroxyl groups excluding tert-OH is 2. The summed E-state index contributed by atoms with van der Waals surface area (Å²) in [6, 6.07) is 4.98. The lowest BCUT2D eigenvalue weighted by molar-refractivity contribution is -0.308. The molecule has 1 aliphatic carbocycles. The molecule has 0 amide bonds. The molecule has 76 heavy (non-hydrogen) atoms. The summed E-state index contributed by atoms with van der Waals surface area (Å²) in [5, 5.41) is 56.3. The summed E-state index contributed by atoms with van der Waals surface area (Å²) in [5.74, 6) is -2.28. The Hall–Kier alpha value is -2.77. The van der Waals surface area contributed by atoms with Crippen LogP contribution in [0.4, 0.5) is 4.39 Å². The standard InChI is InChI=1S/C55H92FN5O14S/c1-15-44-55(10,66)49(62)36(6)60(12)29-32(2)26-53(8,65)51(34(4)47(35(5)52(64)73-44)74-46-27-54(9,70-14)50(63)37(7)72-46)75-45-25-41(24-33(3)71-45)59(11)23-22-40-30-61(58-57-40)43(28-56)48(69-13)39-18-20-42(21-19-39)76(67,68)31-38-16-17-38/h18-21,30,32-38,41,43-51,62-63,65-66H,15-17,22-29,31H2,1-14H3/t32-,33-,34+,35-,36-,37+,41+,43-,44-,45+,46+,47+,48-,49-,50+,51-,53-,54-,55-/m1/s1. The highest BCUT2D eigenvalue weighted by Gasteiger charge is 2.52. The lowest BCUT2D eigenvalue weighted by atomic mass is 9.77. The fourth-order valence-electron chi connectivity index (χ4n) is 12.0. The highest BCUT2D eigenvalue weighted by molar-refractivity contribution is 7.91. The summed E-state index contributed by atoms with van der Waals surface area (Å²) in [5.41, 5.74) is -3.18. The number of methoxy groups -OCH3 is 2. The Balaban J connectivity index is 1.22. The van der Waals surface area contributed by atoms with E-state index in [4.69, 9.17) is 33.2 Å². The normalized spacial score (nSPS) is 38.8. The molecule has 19 nitrogen and oxygen atoms in total. The van der Waals surface area contributed by atoms with E-state index in [2.05, 4.69) is 15.2 Å². The molecule has 0 unspecified atom stereocenters. The van der Waals surface area contributed by atoms with Crippen LogP contribution >= 0.6 is 0 Å². The predicted molar refractivity (Wildman–Crippen MR) is 281 cm³/mol. The van der Waals surface area contributed by atoms with E-state index in [1.165, 1.54) is 25.8 Å². The fraction of sp³-hybridized carbons (Fsp3) is 0.836. The number of hydrogen-bond donors (Lipinski definition) is 4. The maximum atomic E-state index is 14.9. The highest BCUT2D eigenvalue weighted by Crippen LogP contribution is 2.41. The lowest BCUT2D eigenvalue weighted by Crippen LogP contribution is -2.59. The number of esters is 1. The lowest BCUT2D eigenvalue weighted by Gasteiger charge is -2.48. The molecule has 3 aliphatic heterocycles. The van der Waals surface area contributed by atoms with E-state index < -0.39 is 119 Å². The summed E-state index contributed by atoms with van der Waals surface area (Å²) >= 11 is 0. The third-order valence-electron chi connectivity index (χ3n) is 17.1. The monoisotopic (exact) mass is 1100 g/mol. The van der Waals surface area contributed by atoms with Gasteiger partial charge in [-0.05, 0) is 124 Å². The number of ether oxygens (including phenoxy) is 7. The van der Waals surface area contributed by atoms with Gasteiger partial charge in [0.2, 0.25) is 0 Å². The summed E-state index contributed by atoms with van der Waals surface area (Å²) < 4.78 is 86.6. The molecule has 4 N–H and O–H groups in total. The van der Waals surface area contributed by atoms with Crippen molar-refractivity contribution in [3.63, 3.8) is 0 Å². The Morgan fingerprint density at radius 2 is 1.62 bits per heavy atom. The first-order valence-electron chi connectivity index (χ1n) is 27.5. The van der Waals surface area contributed by atoms with Gasteiger partial charge in [0.05, 0.1) is 57.9 Å². The summed E-state index contributed by atoms with van der Waals surface area (Å²) in [6.07, 6.45) is -3.20. The molecule has 1 saturated carbocycles. The van der Waals surface area contributed by atoms with Crippen molar-refractivity contribution >= 4 is 15.8 Å². The van der Waals surface area contributed by atoms with E-state index >= 15 is 0 Å². The fourth-order valence-corrected chi connectivity index (χ4v) is 13.7. The maximum absolute atomic E-state index is 14.9. The zero-order valence-corrected chi connectivity index (χ0v) is 48.4. The molecule has 0 bridgehead atoms. The van der Waals surface area contributed by atoms with Gasteiger partial charge in [-0.1, -0.05) is 38.1 Å². The van der Waals surface area contributed by atoms with Crippen LogP contribution in [0, 0.1) is 23.7 Å². The molecule has 6 rings (SSSR count). The van der Waals surface area contributed by atoms with Gasteiger partial charge in [-0.2, -0.15) is 0 Å². The minimum absolute atomic E-state index is 0.0469. The molecule has 1 aromatic heterocycles. The van der Waals surface area contributed by atoms with Crippen LogP contribution in [0.5, 0.6) is 0 Å². The molecule has 0 spiro atoms. The smallest absolute Gasteiger partial charge is 0.311 e. The van der Waals surface area contributed by atoms with E-state index in [1.54, 1.807) is 65.1 Å². The highest BCUT2D eigenvalue weighted by atomic mass is 32.2. The third kappa shape index (κ3) is 14.8. The minimum Gasteiger partial charge on any atom is -0.459 e. The van der Waals surface area contributed by atoms with Crippen LogP contribution in [0.2, 0.25) is 0 Å². The van der Waals surface area contributed by atoms with Crippen LogP contribution < -0.4 is 0 Å². The molecule has 19 atom stereocenters. The number of sulfone groups is 1. The first-order valence-corrected chi connectivity index (χ1v) is 29.2. The molecule has 3 saturated heterocycles. The van der Waals surface area contributed by atoms with Crippen LogP contribution in [0.3, 0.4) is 0 Å². The van der Waals surface area contributed by atoms with Gasteiger partial charge in [0.15, 0.2) is 22.4 Å². The van der Waals surface area contributed by atoms with Gasteiger partial charge in [0, 0.05) is 70.8 Å². The van der Waals surface area contributed by atoms with Gasteiger partial charge in [-0.3, -0.25) is 4.79 Å². The number of hydrogen-bond acceptors (Lipinski definition) is 18. The molecule has 2 aromatic rings. The average Bonchev–Trinajstić information content (AvgIpc) is 4.06. The third-order valence-corrected chi connectivity index (χ3v) is 19.0. The zero-order chi connectivity index (χ0) is 56.2. The van der Waals surface area contributed by atoms with E-state index in [-0.39, 0.29) is 53.9 Å². The van der Waals surface area contributed by atoms with Gasteiger partial charge in [-0.25, -0.2) is 17.5 Å². The summed E-state index contributed by atoms with van der Waals surface area (Å²) in [7, 11) is 3.44. The quantitative estimate of drug-likeness (QED) is 0.140. The van der Waals surface area contributed by atoms with Gasteiger partial charge in [0.25, 0.3) is 0 Å². The number of aliphatic hydroxyl groups is 4. The van der Waals surface area contributed by atoms with Gasteiger partial charge in [-0.15, -0.1) is 5.10 Å². The molecule has 4 aliphatic rings. The van der Waals surface area contributed by atoms with Crippen LogP contribution in [0.25, 0.3) is 0 Å². The van der Waals surface area contributed by atoms with Crippen LogP contribution in [-0.2, 0) is 54.2 Å². The number of likely N-dealkylation sites (N-methyl/N-ethyl adjacent to an activating group) is 2. The first kappa shape index (κ1) is 62.4. The number of carbonyl (C=O) groups excluding carboxylic acids is 1. The van der Waals surface area contributed by atoms with Crippen molar-refractivity contribution in [2.75, 3.05) is 53.8 Å². The van der Waals surface area contributed by atoms with Gasteiger partial charge in [0.1, 0.15) is 42.7 Å². The molecular weight excluding hydrogens is 1010 g/mol. The van der Waals surface area contributed by atoms with Gasteiger partial charge >= 0.3 is 5.97 Å². The van der Waals surface area contributed by atoms with Crippen molar-refractivity contribution in [2.45, 2.75) is 222 Å². The van der Waals surface area contributed by atoms with Crippen molar-refractivity contribution < 1.29 is 71.2 Å². The van der Waals surface area contributed by atoms with Crippen molar-refractivity contribution in [3.8, 4) is 0 Å². The topological polar surface area (TPSA) is 234 Å². The number of benzene rings is 1. The van der Waals surface area contributed by atoms with Crippen molar-refractivity contribution in [1.82, 2.24) is 24.8 Å². The van der Waals surface area contributed by atoms with E-state index in [0.29, 0.717) is 43.6 Å². The number of cyclic esters (lactones) is 1.